The second kappa shape index (κ2) is 4.14. The summed E-state index contributed by atoms with van der Waals surface area (Å²) in [5, 5.41) is 0. The van der Waals surface area contributed by atoms with E-state index in [1.165, 1.54) is 24.9 Å². The van der Waals surface area contributed by atoms with Crippen molar-refractivity contribution in [2.45, 2.75) is 25.8 Å². The highest BCUT2D eigenvalue weighted by molar-refractivity contribution is 5.19. The number of nitrogens with zero attached hydrogens (tertiary/aromatic N) is 1. The van der Waals surface area contributed by atoms with Gasteiger partial charge in [-0.3, -0.25) is 4.90 Å². The fraction of sp³-hybridized carbons (Fsp3) is 0.538. The van der Waals surface area contributed by atoms with E-state index in [-0.39, 0.29) is 0 Å². The molecule has 2 atom stereocenters. The SMILES string of the molecule is C[C@@H]1CCC(c2ccccc2)N(C)C1. The van der Waals surface area contributed by atoms with Gasteiger partial charge in [-0.05, 0) is 31.4 Å². The molecule has 0 aliphatic carbocycles. The molecule has 1 saturated heterocycles. The van der Waals surface area contributed by atoms with Crippen LogP contribution in [0.1, 0.15) is 31.4 Å². The summed E-state index contributed by atoms with van der Waals surface area (Å²) in [5.41, 5.74) is 1.47. The fourth-order valence-corrected chi connectivity index (χ4v) is 2.47. The Morgan fingerprint density at radius 3 is 2.50 bits per heavy atom. The van der Waals surface area contributed by atoms with Gasteiger partial charge in [0.25, 0.3) is 0 Å². The molecule has 1 aromatic rings. The number of piperidine rings is 1. The van der Waals surface area contributed by atoms with Gasteiger partial charge in [0.05, 0.1) is 0 Å². The highest BCUT2D eigenvalue weighted by Gasteiger charge is 2.23. The molecule has 0 radical (unpaired) electrons. The maximum absolute atomic E-state index is 2.49. The zero-order valence-electron chi connectivity index (χ0n) is 9.11. The second-order valence-electron chi connectivity index (χ2n) is 4.55. The lowest BCUT2D eigenvalue weighted by molar-refractivity contribution is 0.146. The summed E-state index contributed by atoms with van der Waals surface area (Å²) in [6, 6.07) is 11.5. The maximum Gasteiger partial charge on any atom is 0.0345 e. The van der Waals surface area contributed by atoms with Gasteiger partial charge < -0.3 is 0 Å². The third-order valence-electron chi connectivity index (χ3n) is 3.25. The Balaban J connectivity index is 2.12. The molecular formula is C13H19N. The molecule has 1 aliphatic rings. The molecule has 0 N–H and O–H groups in total. The van der Waals surface area contributed by atoms with Crippen molar-refractivity contribution in [3.05, 3.63) is 35.9 Å². The average Bonchev–Trinajstić information content (AvgIpc) is 2.19. The number of benzene rings is 1. The lowest BCUT2D eigenvalue weighted by atomic mass is 9.90. The van der Waals surface area contributed by atoms with Crippen molar-refractivity contribution in [1.29, 1.82) is 0 Å². The molecular weight excluding hydrogens is 170 g/mol. The van der Waals surface area contributed by atoms with Crippen LogP contribution in [0.5, 0.6) is 0 Å². The van der Waals surface area contributed by atoms with Gasteiger partial charge in [0.15, 0.2) is 0 Å². The van der Waals surface area contributed by atoms with Crippen LogP contribution in [0.15, 0.2) is 30.3 Å². The van der Waals surface area contributed by atoms with Crippen LogP contribution in [0.4, 0.5) is 0 Å². The van der Waals surface area contributed by atoms with E-state index in [4.69, 9.17) is 0 Å². The first-order valence-corrected chi connectivity index (χ1v) is 5.52. The van der Waals surface area contributed by atoms with Crippen LogP contribution < -0.4 is 0 Å². The van der Waals surface area contributed by atoms with E-state index >= 15 is 0 Å². The predicted octanol–water partition coefficient (Wildman–Crippen LogP) is 3.09. The summed E-state index contributed by atoms with van der Waals surface area (Å²) in [6.45, 7) is 3.58. The summed E-state index contributed by atoms with van der Waals surface area (Å²) < 4.78 is 0. The molecule has 1 heteroatoms. The van der Waals surface area contributed by atoms with Crippen molar-refractivity contribution in [3.8, 4) is 0 Å². The summed E-state index contributed by atoms with van der Waals surface area (Å²) in [6.07, 6.45) is 2.67. The van der Waals surface area contributed by atoms with Gasteiger partial charge in [0.2, 0.25) is 0 Å². The van der Waals surface area contributed by atoms with Crippen LogP contribution >= 0.6 is 0 Å². The highest BCUT2D eigenvalue weighted by atomic mass is 15.1. The van der Waals surface area contributed by atoms with E-state index in [1.807, 2.05) is 0 Å². The molecule has 1 fully saturated rings. The van der Waals surface area contributed by atoms with Gasteiger partial charge in [-0.1, -0.05) is 37.3 Å². The quantitative estimate of drug-likeness (QED) is 0.656. The van der Waals surface area contributed by atoms with Crippen LogP contribution in [0.2, 0.25) is 0 Å². The van der Waals surface area contributed by atoms with Gasteiger partial charge in [0, 0.05) is 12.6 Å². The number of likely N-dealkylation sites (tertiary alicyclic amines) is 1. The predicted molar refractivity (Wildman–Crippen MR) is 60.2 cm³/mol. The Hall–Kier alpha value is -0.820. The Morgan fingerprint density at radius 2 is 1.86 bits per heavy atom. The lowest BCUT2D eigenvalue weighted by Crippen LogP contribution is -2.33. The van der Waals surface area contributed by atoms with E-state index in [0.29, 0.717) is 6.04 Å². The standard InChI is InChI=1S/C13H19N/c1-11-8-9-13(14(2)10-11)12-6-4-3-5-7-12/h3-7,11,13H,8-10H2,1-2H3/t11-,13?/m1/s1. The van der Waals surface area contributed by atoms with Gasteiger partial charge >= 0.3 is 0 Å². The van der Waals surface area contributed by atoms with Crippen molar-refractivity contribution < 1.29 is 0 Å². The monoisotopic (exact) mass is 189 g/mol. The molecule has 76 valence electrons. The smallest absolute Gasteiger partial charge is 0.0345 e. The van der Waals surface area contributed by atoms with Crippen LogP contribution in [-0.4, -0.2) is 18.5 Å². The van der Waals surface area contributed by atoms with Crippen molar-refractivity contribution in [1.82, 2.24) is 4.90 Å². The zero-order chi connectivity index (χ0) is 9.97. The van der Waals surface area contributed by atoms with E-state index in [1.54, 1.807) is 0 Å². The first kappa shape index (κ1) is 9.72. The third-order valence-corrected chi connectivity index (χ3v) is 3.25. The van der Waals surface area contributed by atoms with Crippen molar-refractivity contribution in [2.75, 3.05) is 13.6 Å². The summed E-state index contributed by atoms with van der Waals surface area (Å²) >= 11 is 0. The van der Waals surface area contributed by atoms with E-state index in [0.717, 1.165) is 5.92 Å². The Kier molecular flexibility index (Phi) is 2.87. The van der Waals surface area contributed by atoms with Crippen LogP contribution in [0.25, 0.3) is 0 Å². The molecule has 0 aromatic heterocycles. The minimum absolute atomic E-state index is 0.646. The number of hydrogen-bond donors (Lipinski definition) is 0. The number of rotatable bonds is 1. The largest absolute Gasteiger partial charge is 0.299 e. The Labute approximate surface area is 86.7 Å². The first-order chi connectivity index (χ1) is 6.77. The Morgan fingerprint density at radius 1 is 1.14 bits per heavy atom. The van der Waals surface area contributed by atoms with Crippen LogP contribution in [0.3, 0.4) is 0 Å². The topological polar surface area (TPSA) is 3.24 Å². The van der Waals surface area contributed by atoms with Crippen molar-refractivity contribution in [3.63, 3.8) is 0 Å². The fourth-order valence-electron chi connectivity index (χ4n) is 2.47. The Bertz CT molecular complexity index is 281. The minimum atomic E-state index is 0.646. The first-order valence-electron chi connectivity index (χ1n) is 5.52. The molecule has 1 aromatic carbocycles. The summed E-state index contributed by atoms with van der Waals surface area (Å²) in [7, 11) is 2.24. The summed E-state index contributed by atoms with van der Waals surface area (Å²) in [4.78, 5) is 2.49. The van der Waals surface area contributed by atoms with E-state index in [2.05, 4.69) is 49.2 Å². The molecule has 1 unspecified atom stereocenters. The molecule has 2 rings (SSSR count). The molecule has 1 aliphatic heterocycles. The van der Waals surface area contributed by atoms with Gasteiger partial charge in [0.1, 0.15) is 0 Å². The van der Waals surface area contributed by atoms with E-state index in [9.17, 15) is 0 Å². The molecule has 0 spiro atoms. The highest BCUT2D eigenvalue weighted by Crippen LogP contribution is 2.31. The summed E-state index contributed by atoms with van der Waals surface area (Å²) in [5.74, 6) is 0.861. The van der Waals surface area contributed by atoms with E-state index < -0.39 is 0 Å². The molecule has 1 heterocycles. The van der Waals surface area contributed by atoms with Crippen molar-refractivity contribution >= 4 is 0 Å². The minimum Gasteiger partial charge on any atom is -0.299 e. The van der Waals surface area contributed by atoms with Gasteiger partial charge in [-0.25, -0.2) is 0 Å². The second-order valence-corrected chi connectivity index (χ2v) is 4.55. The molecule has 1 nitrogen and oxygen atoms in total. The molecule has 0 bridgehead atoms. The molecule has 0 saturated carbocycles. The van der Waals surface area contributed by atoms with Crippen LogP contribution in [0, 0.1) is 5.92 Å². The molecule has 0 amide bonds. The normalized spacial score (nSPS) is 29.0. The molecule has 14 heavy (non-hydrogen) atoms. The van der Waals surface area contributed by atoms with Crippen molar-refractivity contribution in [2.24, 2.45) is 5.92 Å². The van der Waals surface area contributed by atoms with Gasteiger partial charge in [-0.2, -0.15) is 0 Å². The number of hydrogen-bond acceptors (Lipinski definition) is 1. The van der Waals surface area contributed by atoms with Crippen LogP contribution in [-0.2, 0) is 0 Å². The zero-order valence-corrected chi connectivity index (χ0v) is 9.11. The maximum atomic E-state index is 2.49. The van der Waals surface area contributed by atoms with Gasteiger partial charge in [-0.15, -0.1) is 0 Å². The average molecular weight is 189 g/mol. The lowest BCUT2D eigenvalue weighted by Gasteiger charge is -2.36. The third kappa shape index (κ3) is 1.98.